The Balaban J connectivity index is 1.59. The van der Waals surface area contributed by atoms with Gasteiger partial charge < -0.3 is 5.32 Å². The predicted octanol–water partition coefficient (Wildman–Crippen LogP) is 4.11. The number of likely N-dealkylation sites (tertiary alicyclic amines) is 1. The number of hydrogen-bond acceptors (Lipinski definition) is 8. The van der Waals surface area contributed by atoms with Crippen LogP contribution in [0.25, 0.3) is 11.1 Å². The number of nitrogens with one attached hydrogen (secondary N) is 2. The molecule has 0 saturated carbocycles. The number of ketones is 1. The number of alkyl halides is 3. The summed E-state index contributed by atoms with van der Waals surface area (Å²) in [5.74, 6) is -1.08. The van der Waals surface area contributed by atoms with Crippen LogP contribution in [-0.4, -0.2) is 72.1 Å². The highest BCUT2D eigenvalue weighted by molar-refractivity contribution is 7.90. The summed E-state index contributed by atoms with van der Waals surface area (Å²) in [6.45, 7) is 5.80. The quantitative estimate of drug-likeness (QED) is 0.325. The first-order valence-electron chi connectivity index (χ1n) is 14.2. The van der Waals surface area contributed by atoms with E-state index in [9.17, 15) is 31.2 Å². The second-order valence-electron chi connectivity index (χ2n) is 11.5. The molecule has 1 aromatic heterocycles. The van der Waals surface area contributed by atoms with Crippen molar-refractivity contribution >= 4 is 21.5 Å². The van der Waals surface area contributed by atoms with Gasteiger partial charge in [0.25, 0.3) is 0 Å². The van der Waals surface area contributed by atoms with E-state index in [-0.39, 0.29) is 40.7 Å². The fourth-order valence-electron chi connectivity index (χ4n) is 5.37. The summed E-state index contributed by atoms with van der Waals surface area (Å²) in [5, 5.41) is 5.29. The van der Waals surface area contributed by atoms with Gasteiger partial charge in [-0.05, 0) is 54.2 Å². The van der Waals surface area contributed by atoms with Crippen LogP contribution >= 0.6 is 0 Å². The lowest BCUT2D eigenvalue weighted by Crippen LogP contribution is -2.54. The number of benzene rings is 2. The van der Waals surface area contributed by atoms with Crippen LogP contribution in [0.4, 0.5) is 13.2 Å². The summed E-state index contributed by atoms with van der Waals surface area (Å²) in [6.07, 6.45) is -0.660. The molecule has 1 saturated heterocycles. The number of nitrogens with zero attached hydrogens (tertiary/aromatic N) is 3. The lowest BCUT2D eigenvalue weighted by molar-refractivity contribution is -0.161. The van der Waals surface area contributed by atoms with E-state index >= 15 is 0 Å². The summed E-state index contributed by atoms with van der Waals surface area (Å²) < 4.78 is 68.0. The van der Waals surface area contributed by atoms with Crippen molar-refractivity contribution in [2.45, 2.75) is 69.0 Å². The zero-order chi connectivity index (χ0) is 32.2. The Labute approximate surface area is 255 Å². The van der Waals surface area contributed by atoms with Crippen LogP contribution in [0, 0.1) is 5.92 Å². The van der Waals surface area contributed by atoms with E-state index in [2.05, 4.69) is 20.6 Å². The SMILES string of the molecule is CC(C)C[C@H](N[C@@H](c1ccccc1-c1ccc(S(C)(=O)=O)cc1)C(F)(F)F)C(=O)N[C@@H]1C(=O)CN(Cc2ccncn2)C1C. The van der Waals surface area contributed by atoms with Crippen LogP contribution < -0.4 is 10.6 Å². The highest BCUT2D eigenvalue weighted by atomic mass is 32.2. The second-order valence-corrected chi connectivity index (χ2v) is 13.5. The molecule has 0 spiro atoms. The number of hydrogen-bond donors (Lipinski definition) is 2. The van der Waals surface area contributed by atoms with Crippen molar-refractivity contribution in [1.82, 2.24) is 25.5 Å². The van der Waals surface area contributed by atoms with Crippen molar-refractivity contribution in [3.8, 4) is 11.1 Å². The molecule has 3 aromatic rings. The molecule has 0 radical (unpaired) electrons. The van der Waals surface area contributed by atoms with Crippen LogP contribution in [0.5, 0.6) is 0 Å². The largest absolute Gasteiger partial charge is 0.407 e. The number of aromatic nitrogens is 2. The number of Topliss-reactive ketones (excluding diaryl/α,β-unsaturated/α-hetero) is 1. The average molecular weight is 632 g/mol. The summed E-state index contributed by atoms with van der Waals surface area (Å²) >= 11 is 0. The Hall–Kier alpha value is -3.68. The molecule has 2 aromatic carbocycles. The molecule has 0 aliphatic carbocycles. The van der Waals surface area contributed by atoms with Gasteiger partial charge in [-0.2, -0.15) is 13.2 Å². The van der Waals surface area contributed by atoms with Crippen LogP contribution in [0.1, 0.15) is 44.5 Å². The molecule has 1 aliphatic heterocycles. The number of halogens is 3. The Bertz CT molecular complexity index is 1570. The van der Waals surface area contributed by atoms with E-state index in [1.807, 2.05) is 4.90 Å². The number of carbonyl (C=O) groups excluding carboxylic acids is 2. The van der Waals surface area contributed by atoms with E-state index in [4.69, 9.17) is 0 Å². The Morgan fingerprint density at radius 1 is 1.09 bits per heavy atom. The Kier molecular flexibility index (Phi) is 10.2. The van der Waals surface area contributed by atoms with E-state index in [1.54, 1.807) is 39.1 Å². The first-order valence-corrected chi connectivity index (χ1v) is 16.1. The van der Waals surface area contributed by atoms with E-state index in [0.29, 0.717) is 17.8 Å². The third-order valence-corrected chi connectivity index (χ3v) is 8.78. The molecule has 0 bridgehead atoms. The van der Waals surface area contributed by atoms with Crippen molar-refractivity contribution in [2.24, 2.45) is 5.92 Å². The second kappa shape index (κ2) is 13.5. The van der Waals surface area contributed by atoms with Gasteiger partial charge in [-0.1, -0.05) is 50.2 Å². The standard InChI is InChI=1S/C31H36F3N5O4S/c1-19(2)15-26(30(41)38-28-20(3)39(17-27(28)40)16-22-13-14-35-18-36-22)37-29(31(32,33)34)25-8-6-5-7-24(25)21-9-11-23(12-10-21)44(4,42)43/h5-14,18-20,26,28-29,37H,15-17H2,1-4H3,(H,38,41)/t20?,26-,28-,29-/m0/s1. The van der Waals surface area contributed by atoms with Gasteiger partial charge in [0.2, 0.25) is 5.91 Å². The smallest absolute Gasteiger partial charge is 0.343 e. The van der Waals surface area contributed by atoms with E-state index < -0.39 is 46.1 Å². The van der Waals surface area contributed by atoms with Crippen molar-refractivity contribution in [3.05, 3.63) is 78.4 Å². The van der Waals surface area contributed by atoms with Gasteiger partial charge in [0.05, 0.1) is 23.2 Å². The maximum atomic E-state index is 14.7. The number of amides is 1. The van der Waals surface area contributed by atoms with E-state index in [0.717, 1.165) is 6.26 Å². The Morgan fingerprint density at radius 2 is 1.77 bits per heavy atom. The molecule has 1 fully saturated rings. The fraction of sp³-hybridized carbons (Fsp3) is 0.419. The molecule has 236 valence electrons. The van der Waals surface area contributed by atoms with Gasteiger partial charge >= 0.3 is 6.18 Å². The summed E-state index contributed by atoms with van der Waals surface area (Å²) in [5.41, 5.74) is 1.22. The Morgan fingerprint density at radius 3 is 2.36 bits per heavy atom. The zero-order valence-corrected chi connectivity index (χ0v) is 25.7. The monoisotopic (exact) mass is 631 g/mol. The molecule has 1 unspecified atom stereocenters. The summed E-state index contributed by atoms with van der Waals surface area (Å²) in [7, 11) is -3.50. The molecule has 2 N–H and O–H groups in total. The first-order chi connectivity index (χ1) is 20.6. The third-order valence-electron chi connectivity index (χ3n) is 7.65. The third kappa shape index (κ3) is 8.07. The molecular formula is C31H36F3N5O4S. The van der Waals surface area contributed by atoms with Gasteiger partial charge in [0.1, 0.15) is 18.4 Å². The van der Waals surface area contributed by atoms with E-state index in [1.165, 1.54) is 48.8 Å². The van der Waals surface area contributed by atoms with Crippen molar-refractivity contribution in [2.75, 3.05) is 12.8 Å². The van der Waals surface area contributed by atoms with Gasteiger partial charge in [-0.15, -0.1) is 0 Å². The summed E-state index contributed by atoms with van der Waals surface area (Å²) in [4.78, 5) is 36.5. The van der Waals surface area contributed by atoms with Gasteiger partial charge in [-0.3, -0.25) is 19.8 Å². The van der Waals surface area contributed by atoms with Gasteiger partial charge in [0, 0.05) is 25.0 Å². The summed E-state index contributed by atoms with van der Waals surface area (Å²) in [6, 6.07) is 8.47. The average Bonchev–Trinajstić information content (AvgIpc) is 3.21. The number of sulfone groups is 1. The molecule has 9 nitrogen and oxygen atoms in total. The van der Waals surface area contributed by atoms with Crippen molar-refractivity contribution in [1.29, 1.82) is 0 Å². The normalized spacial score (nSPS) is 19.2. The molecule has 4 atom stereocenters. The topological polar surface area (TPSA) is 121 Å². The number of rotatable bonds is 11. The van der Waals surface area contributed by atoms with Crippen molar-refractivity contribution < 1.29 is 31.2 Å². The molecule has 1 amide bonds. The maximum Gasteiger partial charge on any atom is 0.407 e. The lowest BCUT2D eigenvalue weighted by atomic mass is 9.93. The molecule has 4 rings (SSSR count). The van der Waals surface area contributed by atoms with Crippen LogP contribution in [-0.2, 0) is 26.0 Å². The molecule has 13 heteroatoms. The molecular weight excluding hydrogens is 595 g/mol. The zero-order valence-electron chi connectivity index (χ0n) is 24.9. The fourth-order valence-corrected chi connectivity index (χ4v) is 6.00. The minimum absolute atomic E-state index is 0.0455. The van der Waals surface area contributed by atoms with Crippen LogP contribution in [0.15, 0.2) is 72.0 Å². The van der Waals surface area contributed by atoms with Crippen molar-refractivity contribution in [3.63, 3.8) is 0 Å². The molecule has 2 heterocycles. The van der Waals surface area contributed by atoms with Crippen LogP contribution in [0.3, 0.4) is 0 Å². The molecule has 1 aliphatic rings. The maximum absolute atomic E-state index is 14.7. The number of carbonyl (C=O) groups is 2. The minimum Gasteiger partial charge on any atom is -0.343 e. The van der Waals surface area contributed by atoms with Crippen LogP contribution in [0.2, 0.25) is 0 Å². The minimum atomic E-state index is -4.79. The molecule has 44 heavy (non-hydrogen) atoms. The first kappa shape index (κ1) is 33.2. The van der Waals surface area contributed by atoms with Gasteiger partial charge in [0.15, 0.2) is 15.6 Å². The predicted molar refractivity (Wildman–Crippen MR) is 159 cm³/mol. The lowest BCUT2D eigenvalue weighted by Gasteiger charge is -2.31. The highest BCUT2D eigenvalue weighted by Crippen LogP contribution is 2.39. The highest BCUT2D eigenvalue weighted by Gasteiger charge is 2.45. The van der Waals surface area contributed by atoms with Gasteiger partial charge in [-0.25, -0.2) is 18.4 Å².